The molecule has 0 spiro atoms. The molecule has 2 aromatic carbocycles. The predicted molar refractivity (Wildman–Crippen MR) is 127 cm³/mol. The van der Waals surface area contributed by atoms with Gasteiger partial charge >= 0.3 is 0 Å². The van der Waals surface area contributed by atoms with Crippen LogP contribution in [0.5, 0.6) is 0 Å². The van der Waals surface area contributed by atoms with Crippen molar-refractivity contribution in [3.63, 3.8) is 0 Å². The van der Waals surface area contributed by atoms with Crippen LogP contribution in [0.4, 0.5) is 14.5 Å². The molecule has 0 radical (unpaired) electrons. The van der Waals surface area contributed by atoms with Crippen molar-refractivity contribution >= 4 is 29.0 Å². The molecule has 1 unspecified atom stereocenters. The molecule has 34 heavy (non-hydrogen) atoms. The maximum Gasteiger partial charge on any atom is 0.281 e. The second-order valence-corrected chi connectivity index (χ2v) is 9.51. The number of nitrogens with zero attached hydrogens (tertiary/aromatic N) is 3. The molecule has 1 heterocycles. The minimum Gasteiger partial charge on any atom is -0.351 e. The SMILES string of the molecule is Cc1ccc(N(C(=O)c2nnsc2C)C(C(=O)NC2CCCCC2)c2ccccc2F)cc1F. The Labute approximate surface area is 201 Å². The Hall–Kier alpha value is -3.20. The van der Waals surface area contributed by atoms with E-state index in [2.05, 4.69) is 14.9 Å². The van der Waals surface area contributed by atoms with E-state index in [0.717, 1.165) is 48.5 Å². The molecule has 0 aliphatic heterocycles. The molecule has 1 saturated carbocycles. The number of aromatic nitrogens is 2. The summed E-state index contributed by atoms with van der Waals surface area (Å²) in [5, 5.41) is 6.94. The highest BCUT2D eigenvalue weighted by molar-refractivity contribution is 7.05. The number of benzene rings is 2. The lowest BCUT2D eigenvalue weighted by Crippen LogP contribution is -2.48. The van der Waals surface area contributed by atoms with Crippen molar-refractivity contribution in [3.05, 3.63) is 75.8 Å². The topological polar surface area (TPSA) is 75.2 Å². The number of nitrogens with one attached hydrogen (secondary N) is 1. The number of hydrogen-bond donors (Lipinski definition) is 1. The summed E-state index contributed by atoms with van der Waals surface area (Å²) < 4.78 is 33.5. The summed E-state index contributed by atoms with van der Waals surface area (Å²) in [6.07, 6.45) is 4.72. The molecule has 1 aliphatic rings. The van der Waals surface area contributed by atoms with Gasteiger partial charge in [0.05, 0.1) is 4.88 Å². The van der Waals surface area contributed by atoms with Gasteiger partial charge in [0, 0.05) is 17.3 Å². The van der Waals surface area contributed by atoms with E-state index >= 15 is 4.39 Å². The molecule has 2 amide bonds. The van der Waals surface area contributed by atoms with Crippen molar-refractivity contribution in [2.24, 2.45) is 0 Å². The van der Waals surface area contributed by atoms with E-state index < -0.39 is 29.5 Å². The van der Waals surface area contributed by atoms with E-state index in [1.54, 1.807) is 26.0 Å². The minimum absolute atomic E-state index is 0.0194. The highest BCUT2D eigenvalue weighted by atomic mass is 32.1. The van der Waals surface area contributed by atoms with E-state index in [9.17, 15) is 14.0 Å². The van der Waals surface area contributed by atoms with Crippen LogP contribution < -0.4 is 10.2 Å². The second-order valence-electron chi connectivity index (χ2n) is 8.55. The zero-order valence-corrected chi connectivity index (χ0v) is 19.9. The smallest absolute Gasteiger partial charge is 0.281 e. The number of rotatable bonds is 6. The fourth-order valence-electron chi connectivity index (χ4n) is 4.28. The number of halogens is 2. The average Bonchev–Trinajstić information content (AvgIpc) is 3.26. The van der Waals surface area contributed by atoms with Crippen molar-refractivity contribution in [1.82, 2.24) is 14.9 Å². The highest BCUT2D eigenvalue weighted by Gasteiger charge is 2.37. The maximum atomic E-state index is 15.1. The lowest BCUT2D eigenvalue weighted by atomic mass is 9.94. The largest absolute Gasteiger partial charge is 0.351 e. The summed E-state index contributed by atoms with van der Waals surface area (Å²) in [5.41, 5.74) is 0.577. The molecular formula is C25H26F2N4O2S. The number of anilines is 1. The lowest BCUT2D eigenvalue weighted by Gasteiger charge is -2.33. The molecule has 0 saturated heterocycles. The predicted octanol–water partition coefficient (Wildman–Crippen LogP) is 5.27. The van der Waals surface area contributed by atoms with Gasteiger partial charge in [-0.25, -0.2) is 8.78 Å². The van der Waals surface area contributed by atoms with Crippen LogP contribution in [-0.4, -0.2) is 27.4 Å². The second kappa shape index (κ2) is 10.4. The van der Waals surface area contributed by atoms with Gasteiger partial charge in [-0.15, -0.1) is 5.10 Å². The van der Waals surface area contributed by atoms with Crippen LogP contribution in [0, 0.1) is 25.5 Å². The van der Waals surface area contributed by atoms with Gasteiger partial charge in [0.15, 0.2) is 5.69 Å². The summed E-state index contributed by atoms with van der Waals surface area (Å²) in [4.78, 5) is 29.1. The summed E-state index contributed by atoms with van der Waals surface area (Å²) in [6.45, 7) is 3.29. The van der Waals surface area contributed by atoms with Gasteiger partial charge < -0.3 is 5.32 Å². The maximum absolute atomic E-state index is 15.1. The molecule has 1 N–H and O–H groups in total. The van der Waals surface area contributed by atoms with Gasteiger partial charge in [-0.3, -0.25) is 14.5 Å². The Kier molecular flexibility index (Phi) is 7.31. The van der Waals surface area contributed by atoms with Crippen LogP contribution in [0.1, 0.15) is 64.6 Å². The fraction of sp³-hybridized carbons (Fsp3) is 0.360. The van der Waals surface area contributed by atoms with Gasteiger partial charge in [-0.1, -0.05) is 48.0 Å². The first-order valence-corrected chi connectivity index (χ1v) is 12.1. The Morgan fingerprint density at radius 3 is 2.44 bits per heavy atom. The van der Waals surface area contributed by atoms with Crippen LogP contribution in [0.3, 0.4) is 0 Å². The Balaban J connectivity index is 1.85. The number of carbonyl (C=O) groups excluding carboxylic acids is 2. The summed E-state index contributed by atoms with van der Waals surface area (Å²) in [6, 6.07) is 8.66. The van der Waals surface area contributed by atoms with Crippen LogP contribution in [0.25, 0.3) is 0 Å². The molecule has 1 fully saturated rings. The molecule has 4 rings (SSSR count). The van der Waals surface area contributed by atoms with Crippen molar-refractivity contribution < 1.29 is 18.4 Å². The van der Waals surface area contributed by atoms with Crippen molar-refractivity contribution in [2.75, 3.05) is 4.90 Å². The zero-order valence-electron chi connectivity index (χ0n) is 19.1. The van der Waals surface area contributed by atoms with Gasteiger partial charge in [0.25, 0.3) is 5.91 Å². The molecule has 1 aromatic heterocycles. The first-order valence-electron chi connectivity index (χ1n) is 11.3. The van der Waals surface area contributed by atoms with Crippen LogP contribution in [0.2, 0.25) is 0 Å². The van der Waals surface area contributed by atoms with Crippen LogP contribution >= 0.6 is 11.5 Å². The standard InChI is InChI=1S/C25H26F2N4O2S/c1-15-12-13-18(14-21(15)27)31(25(33)22-16(2)34-30-29-22)23(19-10-6-7-11-20(19)26)24(32)28-17-8-4-3-5-9-17/h6-7,10-14,17,23H,3-5,8-9H2,1-2H3,(H,28,32). The van der Waals surface area contributed by atoms with Gasteiger partial charge in [-0.05, 0) is 62.0 Å². The van der Waals surface area contributed by atoms with E-state index in [0.29, 0.717) is 10.4 Å². The molecular weight excluding hydrogens is 458 g/mol. The van der Waals surface area contributed by atoms with E-state index in [1.807, 2.05) is 0 Å². The molecule has 9 heteroatoms. The van der Waals surface area contributed by atoms with E-state index in [1.165, 1.54) is 30.3 Å². The van der Waals surface area contributed by atoms with E-state index in [-0.39, 0.29) is 23.0 Å². The molecule has 1 aliphatic carbocycles. The first kappa shape index (κ1) is 23.9. The third kappa shape index (κ3) is 4.99. The molecule has 178 valence electrons. The lowest BCUT2D eigenvalue weighted by molar-refractivity contribution is -0.123. The van der Waals surface area contributed by atoms with Gasteiger partial charge in [-0.2, -0.15) is 0 Å². The number of aryl methyl sites for hydroxylation is 2. The fourth-order valence-corrected chi connectivity index (χ4v) is 4.74. The summed E-state index contributed by atoms with van der Waals surface area (Å²) in [5.74, 6) is -2.35. The monoisotopic (exact) mass is 484 g/mol. The number of carbonyl (C=O) groups is 2. The summed E-state index contributed by atoms with van der Waals surface area (Å²) in [7, 11) is 0. The number of hydrogen-bond acceptors (Lipinski definition) is 5. The van der Waals surface area contributed by atoms with Crippen LogP contribution in [-0.2, 0) is 4.79 Å². The first-order chi connectivity index (χ1) is 16.4. The molecule has 1 atom stereocenters. The van der Waals surface area contributed by atoms with E-state index in [4.69, 9.17) is 0 Å². The zero-order chi connectivity index (χ0) is 24.2. The van der Waals surface area contributed by atoms with Crippen LogP contribution in [0.15, 0.2) is 42.5 Å². The molecule has 6 nitrogen and oxygen atoms in total. The molecule has 0 bridgehead atoms. The van der Waals surface area contributed by atoms with Gasteiger partial charge in [0.1, 0.15) is 17.7 Å². The minimum atomic E-state index is -1.36. The Bertz CT molecular complexity index is 1190. The summed E-state index contributed by atoms with van der Waals surface area (Å²) >= 11 is 1.04. The normalized spacial score (nSPS) is 15.1. The molecule has 3 aromatic rings. The highest BCUT2D eigenvalue weighted by Crippen LogP contribution is 2.33. The quantitative estimate of drug-likeness (QED) is 0.517. The van der Waals surface area contributed by atoms with Crippen molar-refractivity contribution in [3.8, 4) is 0 Å². The Morgan fingerprint density at radius 1 is 1.06 bits per heavy atom. The Morgan fingerprint density at radius 2 is 1.79 bits per heavy atom. The average molecular weight is 485 g/mol. The van der Waals surface area contributed by atoms with Crippen molar-refractivity contribution in [2.45, 2.75) is 58.0 Å². The third-order valence-electron chi connectivity index (χ3n) is 6.16. The van der Waals surface area contributed by atoms with Gasteiger partial charge in [0.2, 0.25) is 5.91 Å². The number of amides is 2. The third-order valence-corrected chi connectivity index (χ3v) is 6.80. The van der Waals surface area contributed by atoms with Crippen molar-refractivity contribution in [1.29, 1.82) is 0 Å².